The van der Waals surface area contributed by atoms with E-state index >= 15 is 0 Å². The third kappa shape index (κ3) is 2.32. The first-order valence-corrected chi connectivity index (χ1v) is 8.37. The molecular weight excluding hydrogens is 288 g/mol. The predicted molar refractivity (Wildman–Crippen MR) is 104 cm³/mol. The Bertz CT molecular complexity index is 930. The number of hydrogen-bond donors (Lipinski definition) is 0. The minimum absolute atomic E-state index is 0.931. The van der Waals surface area contributed by atoms with Gasteiger partial charge in [0.15, 0.2) is 0 Å². The molecule has 3 aromatic carbocycles. The highest BCUT2D eigenvalue weighted by molar-refractivity contribution is 5.84. The Kier molecular flexibility index (Phi) is 3.66. The van der Waals surface area contributed by atoms with Crippen LogP contribution in [0, 0.1) is 0 Å². The molecule has 1 aliphatic rings. The van der Waals surface area contributed by atoms with Crippen LogP contribution >= 0.6 is 0 Å². The van der Waals surface area contributed by atoms with Crippen molar-refractivity contribution < 1.29 is 0 Å². The van der Waals surface area contributed by atoms with Crippen molar-refractivity contribution >= 4 is 12.2 Å². The van der Waals surface area contributed by atoms with E-state index in [1.807, 2.05) is 12.2 Å². The van der Waals surface area contributed by atoms with Crippen molar-refractivity contribution in [3.05, 3.63) is 107 Å². The summed E-state index contributed by atoms with van der Waals surface area (Å²) in [6.07, 6.45) is 5.87. The van der Waals surface area contributed by atoms with Gasteiger partial charge in [0.1, 0.15) is 0 Å². The van der Waals surface area contributed by atoms with Crippen LogP contribution < -0.4 is 0 Å². The van der Waals surface area contributed by atoms with Crippen LogP contribution in [0.5, 0.6) is 0 Å². The van der Waals surface area contributed by atoms with Crippen molar-refractivity contribution in [1.29, 1.82) is 0 Å². The Morgan fingerprint density at radius 1 is 0.833 bits per heavy atom. The second-order valence-electron chi connectivity index (χ2n) is 6.29. The molecule has 0 atom stereocenters. The van der Waals surface area contributed by atoms with Crippen molar-refractivity contribution in [3.63, 3.8) is 0 Å². The lowest BCUT2D eigenvalue weighted by Gasteiger charge is -2.16. The van der Waals surface area contributed by atoms with E-state index in [2.05, 4.69) is 73.8 Å². The molecule has 0 heterocycles. The Morgan fingerprint density at radius 2 is 1.58 bits per heavy atom. The monoisotopic (exact) mass is 308 g/mol. The molecule has 1 aliphatic carbocycles. The van der Waals surface area contributed by atoms with Crippen LogP contribution in [0.15, 0.2) is 73.8 Å². The zero-order chi connectivity index (χ0) is 16.5. The maximum Gasteiger partial charge on any atom is -0.00104 e. The smallest absolute Gasteiger partial charge is 0.00104 e. The standard InChI is InChI=1S/C24H20/c1-3-18-15-23-21-13-9-8-12-19(21)16-24(23)22(20(18)4-2)14-17-10-6-5-7-11-17/h3-13,15H,1-2,14,16H2. The van der Waals surface area contributed by atoms with E-state index in [0.717, 1.165) is 12.8 Å². The molecule has 0 aliphatic heterocycles. The first kappa shape index (κ1) is 14.7. The quantitative estimate of drug-likeness (QED) is 0.425. The van der Waals surface area contributed by atoms with Gasteiger partial charge in [-0.05, 0) is 63.4 Å². The van der Waals surface area contributed by atoms with Gasteiger partial charge in [-0.15, -0.1) is 0 Å². The van der Waals surface area contributed by atoms with Gasteiger partial charge in [0.05, 0.1) is 0 Å². The van der Waals surface area contributed by atoms with Gasteiger partial charge in [0.25, 0.3) is 0 Å². The summed E-state index contributed by atoms with van der Waals surface area (Å²) in [6, 6.07) is 21.7. The molecule has 0 bridgehead atoms. The fraction of sp³-hybridized carbons (Fsp3) is 0.0833. The zero-order valence-corrected chi connectivity index (χ0v) is 13.8. The van der Waals surface area contributed by atoms with E-state index < -0.39 is 0 Å². The maximum absolute atomic E-state index is 4.07. The van der Waals surface area contributed by atoms with E-state index in [9.17, 15) is 0 Å². The Balaban J connectivity index is 1.95. The van der Waals surface area contributed by atoms with Gasteiger partial charge in [-0.25, -0.2) is 0 Å². The molecule has 0 spiro atoms. The molecule has 24 heavy (non-hydrogen) atoms. The number of hydrogen-bond acceptors (Lipinski definition) is 0. The van der Waals surface area contributed by atoms with Gasteiger partial charge >= 0.3 is 0 Å². The van der Waals surface area contributed by atoms with Gasteiger partial charge < -0.3 is 0 Å². The second kappa shape index (κ2) is 5.98. The maximum atomic E-state index is 4.07. The summed E-state index contributed by atoms with van der Waals surface area (Å²) in [5, 5.41) is 0. The molecule has 0 amide bonds. The molecule has 0 heteroatoms. The molecule has 0 N–H and O–H groups in total. The van der Waals surface area contributed by atoms with Crippen molar-refractivity contribution in [2.24, 2.45) is 0 Å². The highest BCUT2D eigenvalue weighted by Crippen LogP contribution is 2.41. The van der Waals surface area contributed by atoms with Crippen LogP contribution in [0.1, 0.15) is 33.4 Å². The van der Waals surface area contributed by atoms with Crippen LogP contribution in [0.4, 0.5) is 0 Å². The molecule has 0 saturated carbocycles. The number of benzene rings is 3. The fourth-order valence-electron chi connectivity index (χ4n) is 3.80. The van der Waals surface area contributed by atoms with E-state index in [1.54, 1.807) is 0 Å². The largest absolute Gasteiger partial charge is 0.0984 e. The first-order valence-electron chi connectivity index (χ1n) is 8.37. The van der Waals surface area contributed by atoms with E-state index in [1.165, 1.54) is 44.5 Å². The Labute approximate surface area is 143 Å². The topological polar surface area (TPSA) is 0 Å². The average molecular weight is 308 g/mol. The van der Waals surface area contributed by atoms with Crippen LogP contribution in [0.25, 0.3) is 23.3 Å². The SMILES string of the molecule is C=Cc1cc2c(c(Cc3ccccc3)c1C=C)Cc1ccccc1-2. The molecule has 0 radical (unpaired) electrons. The van der Waals surface area contributed by atoms with E-state index in [4.69, 9.17) is 0 Å². The van der Waals surface area contributed by atoms with Crippen molar-refractivity contribution in [2.45, 2.75) is 12.8 Å². The highest BCUT2D eigenvalue weighted by Gasteiger charge is 2.23. The van der Waals surface area contributed by atoms with Gasteiger partial charge in [0, 0.05) is 0 Å². The lowest BCUT2D eigenvalue weighted by atomic mass is 9.88. The van der Waals surface area contributed by atoms with E-state index in [0.29, 0.717) is 0 Å². The molecule has 3 aromatic rings. The molecule has 0 unspecified atom stereocenters. The van der Waals surface area contributed by atoms with Gasteiger partial charge in [-0.1, -0.05) is 79.9 Å². The van der Waals surface area contributed by atoms with Crippen molar-refractivity contribution in [1.82, 2.24) is 0 Å². The molecule has 0 aromatic heterocycles. The van der Waals surface area contributed by atoms with Crippen LogP contribution in [-0.2, 0) is 12.8 Å². The van der Waals surface area contributed by atoms with Crippen LogP contribution in [0.2, 0.25) is 0 Å². The summed E-state index contributed by atoms with van der Waals surface area (Å²) in [5.74, 6) is 0. The summed E-state index contributed by atoms with van der Waals surface area (Å²) < 4.78 is 0. The first-order chi connectivity index (χ1) is 11.8. The van der Waals surface area contributed by atoms with Gasteiger partial charge in [-0.3, -0.25) is 0 Å². The Morgan fingerprint density at radius 3 is 2.33 bits per heavy atom. The van der Waals surface area contributed by atoms with Crippen molar-refractivity contribution in [2.75, 3.05) is 0 Å². The summed E-state index contributed by atoms with van der Waals surface area (Å²) in [6.45, 7) is 8.09. The van der Waals surface area contributed by atoms with E-state index in [-0.39, 0.29) is 0 Å². The Hall–Kier alpha value is -2.86. The summed E-state index contributed by atoms with van der Waals surface area (Å²) in [7, 11) is 0. The average Bonchev–Trinajstić information content (AvgIpc) is 3.01. The number of rotatable bonds is 4. The molecule has 0 saturated heterocycles. The van der Waals surface area contributed by atoms with Crippen LogP contribution in [0.3, 0.4) is 0 Å². The molecule has 0 fully saturated rings. The lowest BCUT2D eigenvalue weighted by Crippen LogP contribution is -2.01. The molecule has 116 valence electrons. The number of fused-ring (bicyclic) bond motifs is 3. The molecule has 4 rings (SSSR count). The van der Waals surface area contributed by atoms with Crippen LogP contribution in [-0.4, -0.2) is 0 Å². The third-order valence-electron chi connectivity index (χ3n) is 4.95. The summed E-state index contributed by atoms with van der Waals surface area (Å²) in [5.41, 5.74) is 10.7. The normalized spacial score (nSPS) is 11.7. The highest BCUT2D eigenvalue weighted by atomic mass is 14.3. The minimum atomic E-state index is 0.931. The predicted octanol–water partition coefficient (Wildman–Crippen LogP) is 6.13. The molecule has 0 nitrogen and oxygen atoms in total. The second-order valence-corrected chi connectivity index (χ2v) is 6.29. The summed E-state index contributed by atoms with van der Waals surface area (Å²) >= 11 is 0. The minimum Gasteiger partial charge on any atom is -0.0984 e. The van der Waals surface area contributed by atoms with Gasteiger partial charge in [0.2, 0.25) is 0 Å². The third-order valence-corrected chi connectivity index (χ3v) is 4.95. The van der Waals surface area contributed by atoms with Gasteiger partial charge in [-0.2, -0.15) is 0 Å². The fourth-order valence-corrected chi connectivity index (χ4v) is 3.80. The zero-order valence-electron chi connectivity index (χ0n) is 13.8. The lowest BCUT2D eigenvalue weighted by molar-refractivity contribution is 1.11. The molecular formula is C24H20. The summed E-state index contributed by atoms with van der Waals surface area (Å²) in [4.78, 5) is 0. The van der Waals surface area contributed by atoms with Crippen molar-refractivity contribution in [3.8, 4) is 11.1 Å².